The Morgan fingerprint density at radius 2 is 2.38 bits per heavy atom. The van der Waals surface area contributed by atoms with E-state index in [1.807, 2.05) is 0 Å². The number of halogens is 1. The predicted octanol–water partition coefficient (Wildman–Crippen LogP) is 2.25. The van der Waals surface area contributed by atoms with Gasteiger partial charge >= 0.3 is 5.97 Å². The third-order valence-electron chi connectivity index (χ3n) is 1.71. The van der Waals surface area contributed by atoms with Crippen LogP contribution in [-0.4, -0.2) is 15.6 Å². The fourth-order valence-electron chi connectivity index (χ4n) is 1.19. The van der Waals surface area contributed by atoms with Crippen molar-refractivity contribution < 1.29 is 9.90 Å². The van der Waals surface area contributed by atoms with Gasteiger partial charge in [-0.3, -0.25) is 0 Å². The highest BCUT2D eigenvalue weighted by Crippen LogP contribution is 2.12. The van der Waals surface area contributed by atoms with E-state index in [1.165, 1.54) is 0 Å². The van der Waals surface area contributed by atoms with Gasteiger partial charge in [-0.15, -0.1) is 0 Å². The number of hydrogen-bond donors (Lipinski definition) is 1. The molecule has 0 amide bonds. The molecule has 0 saturated heterocycles. The zero-order valence-electron chi connectivity index (χ0n) is 7.25. The quantitative estimate of drug-likeness (QED) is 0.812. The highest BCUT2D eigenvalue weighted by Gasteiger charge is 2.12. The van der Waals surface area contributed by atoms with Gasteiger partial charge in [0.2, 0.25) is 0 Å². The number of hydrogen-bond acceptors (Lipinski definition) is 1. The van der Waals surface area contributed by atoms with Crippen molar-refractivity contribution in [3.63, 3.8) is 0 Å². The van der Waals surface area contributed by atoms with Crippen LogP contribution in [0.3, 0.4) is 0 Å². The summed E-state index contributed by atoms with van der Waals surface area (Å²) in [6, 6.07) is 1.74. The first-order valence-electron chi connectivity index (χ1n) is 3.74. The Morgan fingerprint density at radius 1 is 1.77 bits per heavy atom. The number of nitrogens with zero attached hydrogens (tertiary/aromatic N) is 1. The number of carbonyl (C=O) groups is 1. The second kappa shape index (κ2) is 3.66. The average Bonchev–Trinajstić information content (AvgIpc) is 2.30. The van der Waals surface area contributed by atoms with Gasteiger partial charge in [-0.2, -0.15) is 0 Å². The monoisotopic (exact) mass is 199 g/mol. The largest absolute Gasteiger partial charge is 0.477 e. The topological polar surface area (TPSA) is 42.2 Å². The van der Waals surface area contributed by atoms with Crippen LogP contribution in [0.4, 0.5) is 0 Å². The number of aromatic nitrogens is 1. The Hall–Kier alpha value is -1.22. The SMILES string of the molecule is C=C(Cl)Cn1ccc(C)c1C(=O)O. The number of carboxylic acids is 1. The summed E-state index contributed by atoms with van der Waals surface area (Å²) in [5.41, 5.74) is 0.993. The van der Waals surface area contributed by atoms with Crippen LogP contribution >= 0.6 is 11.6 Å². The molecule has 1 aromatic rings. The zero-order chi connectivity index (χ0) is 10.0. The minimum absolute atomic E-state index is 0.266. The van der Waals surface area contributed by atoms with Crippen molar-refractivity contribution in [2.45, 2.75) is 13.5 Å². The molecule has 13 heavy (non-hydrogen) atoms. The Morgan fingerprint density at radius 3 is 2.85 bits per heavy atom. The van der Waals surface area contributed by atoms with Crippen LogP contribution in [0.2, 0.25) is 0 Å². The Kier molecular flexibility index (Phi) is 2.78. The van der Waals surface area contributed by atoms with Crippen LogP contribution in [0.1, 0.15) is 16.1 Å². The first-order chi connectivity index (χ1) is 6.02. The Labute approximate surface area is 81.2 Å². The maximum absolute atomic E-state index is 10.8. The molecule has 0 aliphatic rings. The van der Waals surface area contributed by atoms with E-state index in [4.69, 9.17) is 16.7 Å². The van der Waals surface area contributed by atoms with Gasteiger partial charge in [0.05, 0.1) is 6.54 Å². The highest BCUT2D eigenvalue weighted by atomic mass is 35.5. The maximum atomic E-state index is 10.8. The van der Waals surface area contributed by atoms with Crippen LogP contribution in [-0.2, 0) is 6.54 Å². The number of carboxylic acid groups (broad SMARTS) is 1. The van der Waals surface area contributed by atoms with E-state index >= 15 is 0 Å². The maximum Gasteiger partial charge on any atom is 0.352 e. The zero-order valence-corrected chi connectivity index (χ0v) is 8.01. The number of aromatic carboxylic acids is 1. The molecule has 0 aromatic carbocycles. The third-order valence-corrected chi connectivity index (χ3v) is 1.83. The van der Waals surface area contributed by atoms with Crippen molar-refractivity contribution in [3.8, 4) is 0 Å². The molecule has 1 N–H and O–H groups in total. The molecule has 4 heteroatoms. The minimum atomic E-state index is -0.944. The van der Waals surface area contributed by atoms with Crippen molar-refractivity contribution in [1.82, 2.24) is 4.57 Å². The molecule has 0 radical (unpaired) electrons. The molecule has 70 valence electrons. The molecule has 0 fully saturated rings. The molecule has 0 saturated carbocycles. The van der Waals surface area contributed by atoms with Crippen molar-refractivity contribution in [2.75, 3.05) is 0 Å². The number of rotatable bonds is 3. The molecule has 1 aromatic heterocycles. The minimum Gasteiger partial charge on any atom is -0.477 e. The summed E-state index contributed by atoms with van der Waals surface area (Å²) in [5.74, 6) is -0.944. The lowest BCUT2D eigenvalue weighted by molar-refractivity contribution is 0.0685. The van der Waals surface area contributed by atoms with E-state index < -0.39 is 5.97 Å². The lowest BCUT2D eigenvalue weighted by Crippen LogP contribution is -2.09. The molecular formula is C9H10ClNO2. The molecule has 0 unspecified atom stereocenters. The summed E-state index contributed by atoms with van der Waals surface area (Å²) in [5, 5.41) is 9.27. The molecule has 0 bridgehead atoms. The lowest BCUT2D eigenvalue weighted by Gasteiger charge is -2.04. The van der Waals surface area contributed by atoms with Crippen molar-refractivity contribution >= 4 is 17.6 Å². The van der Waals surface area contributed by atoms with Crippen LogP contribution in [0, 0.1) is 6.92 Å². The van der Waals surface area contributed by atoms with E-state index in [9.17, 15) is 4.79 Å². The van der Waals surface area contributed by atoms with Gasteiger partial charge in [-0.05, 0) is 18.6 Å². The molecular weight excluding hydrogens is 190 g/mol. The van der Waals surface area contributed by atoms with Crippen molar-refractivity contribution in [1.29, 1.82) is 0 Å². The molecule has 0 aliphatic heterocycles. The van der Waals surface area contributed by atoms with Crippen LogP contribution in [0.15, 0.2) is 23.9 Å². The number of allylic oxidation sites excluding steroid dienone is 1. The van der Waals surface area contributed by atoms with Gasteiger partial charge in [-0.1, -0.05) is 18.2 Å². The summed E-state index contributed by atoms with van der Waals surface area (Å²) < 4.78 is 1.56. The van der Waals surface area contributed by atoms with Gasteiger partial charge < -0.3 is 9.67 Å². The predicted molar refractivity (Wildman–Crippen MR) is 51.1 cm³/mol. The van der Waals surface area contributed by atoms with Crippen molar-refractivity contribution in [3.05, 3.63) is 35.1 Å². The van der Waals surface area contributed by atoms with Crippen LogP contribution in [0.25, 0.3) is 0 Å². The fraction of sp³-hybridized carbons (Fsp3) is 0.222. The molecule has 1 heterocycles. The van der Waals surface area contributed by atoms with Gasteiger partial charge in [0.15, 0.2) is 0 Å². The third kappa shape index (κ3) is 2.12. The Bertz CT molecular complexity index is 354. The summed E-state index contributed by atoms with van der Waals surface area (Å²) in [7, 11) is 0. The summed E-state index contributed by atoms with van der Waals surface area (Å²) in [4.78, 5) is 10.8. The Balaban J connectivity index is 3.07. The van der Waals surface area contributed by atoms with Gasteiger partial charge in [-0.25, -0.2) is 4.79 Å². The molecule has 0 aliphatic carbocycles. The molecule has 0 spiro atoms. The molecule has 3 nitrogen and oxygen atoms in total. The number of aryl methyl sites for hydroxylation is 1. The van der Waals surface area contributed by atoms with E-state index in [2.05, 4.69) is 6.58 Å². The van der Waals surface area contributed by atoms with E-state index in [1.54, 1.807) is 23.8 Å². The van der Waals surface area contributed by atoms with Gasteiger partial charge in [0.1, 0.15) is 5.69 Å². The van der Waals surface area contributed by atoms with Crippen LogP contribution in [0.5, 0.6) is 0 Å². The summed E-state index contributed by atoms with van der Waals surface area (Å²) in [6.45, 7) is 5.59. The van der Waals surface area contributed by atoms with E-state index in [-0.39, 0.29) is 5.69 Å². The molecule has 0 atom stereocenters. The van der Waals surface area contributed by atoms with E-state index in [0.717, 1.165) is 5.56 Å². The second-order valence-electron chi connectivity index (χ2n) is 2.80. The standard InChI is InChI=1S/C9H10ClNO2/c1-6-3-4-11(5-7(2)10)8(6)9(12)13/h3-4H,2,5H2,1H3,(H,12,13). The normalized spacial score (nSPS) is 10.0. The van der Waals surface area contributed by atoms with Gasteiger partial charge in [0, 0.05) is 11.2 Å². The fourth-order valence-corrected chi connectivity index (χ4v) is 1.32. The van der Waals surface area contributed by atoms with Crippen molar-refractivity contribution in [2.24, 2.45) is 0 Å². The van der Waals surface area contributed by atoms with Crippen LogP contribution < -0.4 is 0 Å². The summed E-state index contributed by atoms with van der Waals surface area (Å²) in [6.07, 6.45) is 1.69. The first kappa shape index (κ1) is 9.86. The average molecular weight is 200 g/mol. The summed E-state index contributed by atoms with van der Waals surface area (Å²) >= 11 is 5.59. The highest BCUT2D eigenvalue weighted by molar-refractivity contribution is 6.29. The van der Waals surface area contributed by atoms with Gasteiger partial charge in [0.25, 0.3) is 0 Å². The lowest BCUT2D eigenvalue weighted by atomic mass is 10.3. The van der Waals surface area contributed by atoms with E-state index in [0.29, 0.717) is 11.6 Å². The molecule has 1 rings (SSSR count). The smallest absolute Gasteiger partial charge is 0.352 e. The second-order valence-corrected chi connectivity index (χ2v) is 3.33. The first-order valence-corrected chi connectivity index (χ1v) is 4.12.